The Kier molecular flexibility index (Phi) is 6.32. The molecule has 8 heteroatoms. The van der Waals surface area contributed by atoms with Crippen LogP contribution in [0.3, 0.4) is 0 Å². The molecule has 2 aromatic carbocycles. The summed E-state index contributed by atoms with van der Waals surface area (Å²) >= 11 is 3.43. The molecule has 0 aliphatic carbocycles. The van der Waals surface area contributed by atoms with Crippen molar-refractivity contribution < 1.29 is 19.4 Å². The van der Waals surface area contributed by atoms with E-state index < -0.39 is 17.7 Å². The predicted octanol–water partition coefficient (Wildman–Crippen LogP) is 3.93. The van der Waals surface area contributed by atoms with Crippen LogP contribution in [0.2, 0.25) is 0 Å². The van der Waals surface area contributed by atoms with Crippen LogP contribution in [-0.2, 0) is 16.6 Å². The predicted molar refractivity (Wildman–Crippen MR) is 131 cm³/mol. The number of hydrogen-bond donors (Lipinski definition) is 1. The van der Waals surface area contributed by atoms with Gasteiger partial charge in [-0.15, -0.1) is 0 Å². The van der Waals surface area contributed by atoms with Crippen LogP contribution in [-0.4, -0.2) is 65.5 Å². The first kappa shape index (κ1) is 23.1. The van der Waals surface area contributed by atoms with Gasteiger partial charge < -0.3 is 24.2 Å². The molecule has 4 rings (SSSR count). The van der Waals surface area contributed by atoms with Gasteiger partial charge in [0.1, 0.15) is 11.5 Å². The van der Waals surface area contributed by atoms with E-state index in [-0.39, 0.29) is 11.3 Å². The quantitative estimate of drug-likeness (QED) is 0.308. The largest absolute Gasteiger partial charge is 0.507 e. The van der Waals surface area contributed by atoms with Crippen molar-refractivity contribution in [1.82, 2.24) is 14.4 Å². The average molecular weight is 512 g/mol. The summed E-state index contributed by atoms with van der Waals surface area (Å²) in [5, 5.41) is 12.2. The van der Waals surface area contributed by atoms with E-state index in [1.807, 2.05) is 61.1 Å². The van der Waals surface area contributed by atoms with E-state index in [4.69, 9.17) is 4.74 Å². The second-order valence-electron chi connectivity index (χ2n) is 8.36. The lowest BCUT2D eigenvalue weighted by molar-refractivity contribution is -0.140. The number of amides is 1. The number of aryl methyl sites for hydroxylation is 1. The number of fused-ring (bicyclic) bond motifs is 1. The Balaban J connectivity index is 1.93. The SMILES string of the molecule is COc1ccc(/C(O)=C2\C(=O)C(=O)N(CCN(C)C)C2c2cn(C)c3ccccc23)cc1Br. The molecule has 7 nitrogen and oxygen atoms in total. The second kappa shape index (κ2) is 9.03. The van der Waals surface area contributed by atoms with Gasteiger partial charge in [-0.3, -0.25) is 9.59 Å². The van der Waals surface area contributed by atoms with E-state index in [1.165, 1.54) is 0 Å². The number of likely N-dealkylation sites (N-methyl/N-ethyl adjacent to an activating group) is 1. The summed E-state index contributed by atoms with van der Waals surface area (Å²) in [5.74, 6) is -0.898. The van der Waals surface area contributed by atoms with Crippen molar-refractivity contribution in [2.24, 2.45) is 7.05 Å². The Morgan fingerprint density at radius 3 is 2.58 bits per heavy atom. The third kappa shape index (κ3) is 4.05. The average Bonchev–Trinajstić information content (AvgIpc) is 3.25. The summed E-state index contributed by atoms with van der Waals surface area (Å²) in [6.45, 7) is 0.941. The topological polar surface area (TPSA) is 75.0 Å². The lowest BCUT2D eigenvalue weighted by Crippen LogP contribution is -2.35. The Morgan fingerprint density at radius 2 is 1.91 bits per heavy atom. The fourth-order valence-corrected chi connectivity index (χ4v) is 4.84. The fraction of sp³-hybridized carbons (Fsp3) is 0.280. The van der Waals surface area contributed by atoms with Gasteiger partial charge in [-0.05, 0) is 54.3 Å². The standard InChI is InChI=1S/C25H26BrN3O4/c1-27(2)11-12-29-22(17-14-28(3)19-8-6-5-7-16(17)19)21(24(31)25(29)32)23(30)15-9-10-20(33-4)18(26)13-15/h5-10,13-14,22,30H,11-12H2,1-4H3/b23-21+. The Bertz CT molecular complexity index is 1280. The second-order valence-corrected chi connectivity index (χ2v) is 9.21. The summed E-state index contributed by atoms with van der Waals surface area (Å²) in [7, 11) is 7.31. The number of ether oxygens (including phenoxy) is 1. The maximum absolute atomic E-state index is 13.2. The first-order chi connectivity index (χ1) is 15.7. The number of Topliss-reactive ketones (excluding diaryl/α,β-unsaturated/α-hetero) is 1. The number of ketones is 1. The minimum atomic E-state index is -0.697. The van der Waals surface area contributed by atoms with Crippen LogP contribution in [0.15, 0.2) is 58.7 Å². The molecule has 0 spiro atoms. The van der Waals surface area contributed by atoms with Gasteiger partial charge >= 0.3 is 0 Å². The molecule has 0 bridgehead atoms. The molecule has 172 valence electrons. The molecule has 1 saturated heterocycles. The van der Waals surface area contributed by atoms with E-state index in [0.717, 1.165) is 16.5 Å². The van der Waals surface area contributed by atoms with Gasteiger partial charge in [0, 0.05) is 48.4 Å². The number of rotatable bonds is 6. The van der Waals surface area contributed by atoms with Crippen LogP contribution in [0.25, 0.3) is 16.7 Å². The number of methoxy groups -OCH3 is 1. The van der Waals surface area contributed by atoms with Gasteiger partial charge in [0.15, 0.2) is 0 Å². The van der Waals surface area contributed by atoms with Crippen LogP contribution in [0.4, 0.5) is 0 Å². The van der Waals surface area contributed by atoms with Crippen molar-refractivity contribution >= 4 is 44.3 Å². The third-order valence-electron chi connectivity index (χ3n) is 5.98. The number of para-hydroxylation sites is 1. The molecule has 1 amide bonds. The number of carbonyl (C=O) groups is 2. The van der Waals surface area contributed by atoms with Crippen LogP contribution in [0, 0.1) is 0 Å². The van der Waals surface area contributed by atoms with E-state index in [0.29, 0.717) is 28.9 Å². The zero-order chi connectivity index (χ0) is 23.9. The van der Waals surface area contributed by atoms with E-state index in [1.54, 1.807) is 30.2 Å². The van der Waals surface area contributed by atoms with Crippen molar-refractivity contribution in [3.8, 4) is 5.75 Å². The molecule has 33 heavy (non-hydrogen) atoms. The van der Waals surface area contributed by atoms with Crippen LogP contribution in [0.1, 0.15) is 17.2 Å². The summed E-state index contributed by atoms with van der Waals surface area (Å²) in [5.41, 5.74) is 2.31. The number of benzene rings is 2. The van der Waals surface area contributed by atoms with Gasteiger partial charge in [0.25, 0.3) is 11.7 Å². The van der Waals surface area contributed by atoms with Gasteiger partial charge in [0.05, 0.1) is 23.2 Å². The molecule has 0 radical (unpaired) electrons. The van der Waals surface area contributed by atoms with Crippen molar-refractivity contribution in [2.75, 3.05) is 34.3 Å². The Morgan fingerprint density at radius 1 is 1.18 bits per heavy atom. The molecule has 0 saturated carbocycles. The number of nitrogens with zero attached hydrogens (tertiary/aromatic N) is 3. The summed E-state index contributed by atoms with van der Waals surface area (Å²) in [4.78, 5) is 29.9. The molecular weight excluding hydrogens is 486 g/mol. The normalized spacial score (nSPS) is 18.0. The third-order valence-corrected chi connectivity index (χ3v) is 6.60. The Labute approximate surface area is 201 Å². The summed E-state index contributed by atoms with van der Waals surface area (Å²) in [6, 6.07) is 12.2. The molecule has 1 aliphatic heterocycles. The zero-order valence-corrected chi connectivity index (χ0v) is 20.6. The molecule has 1 atom stereocenters. The van der Waals surface area contributed by atoms with Crippen LogP contribution >= 0.6 is 15.9 Å². The molecule has 1 N–H and O–H groups in total. The van der Waals surface area contributed by atoms with Gasteiger partial charge in [-0.25, -0.2) is 0 Å². The van der Waals surface area contributed by atoms with Crippen LogP contribution in [0.5, 0.6) is 5.75 Å². The lowest BCUT2D eigenvalue weighted by atomic mass is 9.95. The van der Waals surface area contributed by atoms with E-state index in [2.05, 4.69) is 15.9 Å². The summed E-state index contributed by atoms with van der Waals surface area (Å²) in [6.07, 6.45) is 1.93. The minimum absolute atomic E-state index is 0.0900. The molecule has 1 fully saturated rings. The van der Waals surface area contributed by atoms with Gasteiger partial charge in [-0.2, -0.15) is 0 Å². The highest BCUT2D eigenvalue weighted by Crippen LogP contribution is 2.42. The molecule has 1 aliphatic rings. The van der Waals surface area contributed by atoms with E-state index >= 15 is 0 Å². The maximum Gasteiger partial charge on any atom is 0.295 e. The number of aromatic nitrogens is 1. The highest BCUT2D eigenvalue weighted by atomic mass is 79.9. The fourth-order valence-electron chi connectivity index (χ4n) is 4.30. The van der Waals surface area contributed by atoms with Crippen molar-refractivity contribution in [1.29, 1.82) is 0 Å². The van der Waals surface area contributed by atoms with Crippen molar-refractivity contribution in [3.05, 3.63) is 69.8 Å². The lowest BCUT2D eigenvalue weighted by Gasteiger charge is -2.26. The number of hydrogen-bond acceptors (Lipinski definition) is 5. The molecule has 3 aromatic rings. The van der Waals surface area contributed by atoms with Gasteiger partial charge in [-0.1, -0.05) is 18.2 Å². The molecular formula is C25H26BrN3O4. The summed E-state index contributed by atoms with van der Waals surface area (Å²) < 4.78 is 7.88. The minimum Gasteiger partial charge on any atom is -0.507 e. The number of aliphatic hydroxyl groups excluding tert-OH is 1. The number of likely N-dealkylation sites (tertiary alicyclic amines) is 1. The Hall–Kier alpha value is -3.10. The highest BCUT2D eigenvalue weighted by molar-refractivity contribution is 9.10. The smallest absolute Gasteiger partial charge is 0.295 e. The van der Waals surface area contributed by atoms with Crippen molar-refractivity contribution in [2.45, 2.75) is 6.04 Å². The maximum atomic E-state index is 13.2. The zero-order valence-electron chi connectivity index (χ0n) is 19.0. The molecule has 2 heterocycles. The number of aliphatic hydroxyl groups is 1. The van der Waals surface area contributed by atoms with Crippen molar-refractivity contribution in [3.63, 3.8) is 0 Å². The molecule has 1 aromatic heterocycles. The monoisotopic (exact) mass is 511 g/mol. The molecule has 1 unspecified atom stereocenters. The highest BCUT2D eigenvalue weighted by Gasteiger charge is 2.46. The van der Waals surface area contributed by atoms with Crippen LogP contribution < -0.4 is 4.74 Å². The first-order valence-electron chi connectivity index (χ1n) is 10.6. The van der Waals surface area contributed by atoms with E-state index in [9.17, 15) is 14.7 Å². The number of carbonyl (C=O) groups excluding carboxylic acids is 2. The first-order valence-corrected chi connectivity index (χ1v) is 11.3. The van der Waals surface area contributed by atoms with Gasteiger partial charge in [0.2, 0.25) is 0 Å². The number of halogens is 1.